The standard InChI is InChI=1S/C7H14N2S/c1-2-4-7-5-3-6-9(7)10-8/h2,7H,1,3-6,8H2/t7-/m1/s1. The molecule has 0 amide bonds. The van der Waals surface area contributed by atoms with Crippen LogP contribution in [0.25, 0.3) is 0 Å². The van der Waals surface area contributed by atoms with Crippen LogP contribution in [0.1, 0.15) is 19.3 Å². The molecule has 0 saturated carbocycles. The van der Waals surface area contributed by atoms with Gasteiger partial charge in [0.15, 0.2) is 0 Å². The molecule has 10 heavy (non-hydrogen) atoms. The third kappa shape index (κ3) is 1.75. The molecule has 1 heterocycles. The van der Waals surface area contributed by atoms with Crippen molar-refractivity contribution in [2.75, 3.05) is 6.54 Å². The summed E-state index contributed by atoms with van der Waals surface area (Å²) in [5.74, 6) is 0. The van der Waals surface area contributed by atoms with Gasteiger partial charge in [0.25, 0.3) is 0 Å². The Balaban J connectivity index is 2.34. The van der Waals surface area contributed by atoms with Gasteiger partial charge in [0.05, 0.1) is 0 Å². The van der Waals surface area contributed by atoms with Crippen LogP contribution in [-0.2, 0) is 0 Å². The van der Waals surface area contributed by atoms with Crippen molar-refractivity contribution in [2.45, 2.75) is 25.3 Å². The van der Waals surface area contributed by atoms with Crippen LogP contribution in [0.3, 0.4) is 0 Å². The third-order valence-electron chi connectivity index (χ3n) is 1.90. The maximum absolute atomic E-state index is 5.46. The molecule has 0 radical (unpaired) electrons. The molecule has 2 N–H and O–H groups in total. The quantitative estimate of drug-likeness (QED) is 0.499. The molecule has 1 atom stereocenters. The van der Waals surface area contributed by atoms with Crippen molar-refractivity contribution >= 4 is 12.1 Å². The summed E-state index contributed by atoms with van der Waals surface area (Å²) < 4.78 is 2.24. The van der Waals surface area contributed by atoms with E-state index >= 15 is 0 Å². The van der Waals surface area contributed by atoms with Crippen molar-refractivity contribution in [1.29, 1.82) is 0 Å². The highest BCUT2D eigenvalue weighted by molar-refractivity contribution is 7.94. The molecular formula is C7H14N2S. The highest BCUT2D eigenvalue weighted by atomic mass is 32.2. The van der Waals surface area contributed by atoms with E-state index in [-0.39, 0.29) is 0 Å². The Kier molecular flexibility index (Phi) is 3.25. The highest BCUT2D eigenvalue weighted by Gasteiger charge is 2.22. The minimum absolute atomic E-state index is 0.646. The third-order valence-corrected chi connectivity index (χ3v) is 2.65. The van der Waals surface area contributed by atoms with Crippen LogP contribution < -0.4 is 5.14 Å². The van der Waals surface area contributed by atoms with Crippen LogP contribution in [0.4, 0.5) is 0 Å². The van der Waals surface area contributed by atoms with Crippen molar-refractivity contribution in [3.8, 4) is 0 Å². The first-order valence-electron chi connectivity index (χ1n) is 3.63. The van der Waals surface area contributed by atoms with Crippen molar-refractivity contribution in [3.63, 3.8) is 0 Å². The van der Waals surface area contributed by atoms with Crippen molar-refractivity contribution < 1.29 is 0 Å². The van der Waals surface area contributed by atoms with E-state index < -0.39 is 0 Å². The zero-order chi connectivity index (χ0) is 7.40. The first kappa shape index (κ1) is 8.11. The van der Waals surface area contributed by atoms with Gasteiger partial charge in [-0.2, -0.15) is 0 Å². The topological polar surface area (TPSA) is 29.3 Å². The molecule has 1 aliphatic heterocycles. The van der Waals surface area contributed by atoms with E-state index in [1.54, 1.807) is 0 Å². The van der Waals surface area contributed by atoms with Gasteiger partial charge in [-0.15, -0.1) is 6.58 Å². The van der Waals surface area contributed by atoms with E-state index in [1.807, 2.05) is 6.08 Å². The van der Waals surface area contributed by atoms with Gasteiger partial charge in [-0.1, -0.05) is 6.08 Å². The molecule has 3 heteroatoms. The summed E-state index contributed by atoms with van der Waals surface area (Å²) in [6.45, 7) is 4.85. The Labute approximate surface area is 66.7 Å². The fourth-order valence-corrected chi connectivity index (χ4v) is 1.97. The van der Waals surface area contributed by atoms with Gasteiger partial charge >= 0.3 is 0 Å². The van der Waals surface area contributed by atoms with Crippen LogP contribution in [0.2, 0.25) is 0 Å². The molecule has 0 aromatic heterocycles. The molecule has 0 bridgehead atoms. The Hall–Kier alpha value is 0.01000. The summed E-state index contributed by atoms with van der Waals surface area (Å²) in [5, 5.41) is 5.46. The Morgan fingerprint density at radius 3 is 3.20 bits per heavy atom. The number of hydrogen-bond acceptors (Lipinski definition) is 3. The molecule has 1 rings (SSSR count). The molecule has 0 unspecified atom stereocenters. The van der Waals surface area contributed by atoms with Crippen molar-refractivity contribution in [2.24, 2.45) is 5.14 Å². The molecule has 1 aliphatic rings. The Morgan fingerprint density at radius 2 is 2.60 bits per heavy atom. The zero-order valence-corrected chi connectivity index (χ0v) is 6.94. The molecule has 1 fully saturated rings. The smallest absolute Gasteiger partial charge is 0.0249 e. The van der Waals surface area contributed by atoms with Gasteiger partial charge in [-0.05, 0) is 19.3 Å². The lowest BCUT2D eigenvalue weighted by atomic mass is 10.2. The predicted molar refractivity (Wildman–Crippen MR) is 46.3 cm³/mol. The average molecular weight is 158 g/mol. The van der Waals surface area contributed by atoms with E-state index in [1.165, 1.54) is 25.0 Å². The number of nitrogens with zero attached hydrogens (tertiary/aromatic N) is 1. The fourth-order valence-electron chi connectivity index (χ4n) is 1.38. The lowest BCUT2D eigenvalue weighted by Crippen LogP contribution is -2.23. The Bertz CT molecular complexity index is 116. The van der Waals surface area contributed by atoms with Gasteiger partial charge in [-0.3, -0.25) is 5.14 Å². The first-order valence-corrected chi connectivity index (χ1v) is 4.46. The average Bonchev–Trinajstić information content (AvgIpc) is 2.36. The van der Waals surface area contributed by atoms with Crippen LogP contribution in [0.15, 0.2) is 12.7 Å². The second kappa shape index (κ2) is 4.01. The van der Waals surface area contributed by atoms with Crippen LogP contribution >= 0.6 is 12.1 Å². The predicted octanol–water partition coefficient (Wildman–Crippen LogP) is 1.55. The van der Waals surface area contributed by atoms with Gasteiger partial charge in [-0.25, -0.2) is 4.31 Å². The number of nitrogens with two attached hydrogens (primary N) is 1. The highest BCUT2D eigenvalue weighted by Crippen LogP contribution is 2.24. The van der Waals surface area contributed by atoms with Crippen LogP contribution in [0.5, 0.6) is 0 Å². The molecule has 58 valence electrons. The molecule has 2 nitrogen and oxygen atoms in total. The van der Waals surface area contributed by atoms with E-state index in [9.17, 15) is 0 Å². The van der Waals surface area contributed by atoms with Gasteiger partial charge in [0, 0.05) is 24.7 Å². The maximum atomic E-state index is 5.46. The van der Waals surface area contributed by atoms with Gasteiger partial charge < -0.3 is 0 Å². The summed E-state index contributed by atoms with van der Waals surface area (Å²) >= 11 is 1.37. The normalized spacial score (nSPS) is 27.1. The minimum Gasteiger partial charge on any atom is -0.264 e. The molecule has 0 aromatic rings. The second-order valence-electron chi connectivity index (χ2n) is 2.57. The number of rotatable bonds is 3. The summed E-state index contributed by atoms with van der Waals surface area (Å²) in [4.78, 5) is 0. The SMILES string of the molecule is C=CC[C@@H]1CCCN1SN. The van der Waals surface area contributed by atoms with E-state index in [0.717, 1.165) is 13.0 Å². The van der Waals surface area contributed by atoms with Gasteiger partial charge in [0.1, 0.15) is 0 Å². The summed E-state index contributed by atoms with van der Waals surface area (Å²) in [6.07, 6.45) is 5.60. The van der Waals surface area contributed by atoms with E-state index in [0.29, 0.717) is 6.04 Å². The minimum atomic E-state index is 0.646. The lowest BCUT2D eigenvalue weighted by Gasteiger charge is -2.18. The van der Waals surface area contributed by atoms with Crippen LogP contribution in [0, 0.1) is 0 Å². The monoisotopic (exact) mass is 158 g/mol. The fraction of sp³-hybridized carbons (Fsp3) is 0.714. The summed E-state index contributed by atoms with van der Waals surface area (Å²) in [6, 6.07) is 0.646. The zero-order valence-electron chi connectivity index (χ0n) is 6.12. The second-order valence-corrected chi connectivity index (χ2v) is 3.25. The van der Waals surface area contributed by atoms with E-state index in [2.05, 4.69) is 10.9 Å². The molecule has 0 spiro atoms. The van der Waals surface area contributed by atoms with Crippen LogP contribution in [-0.4, -0.2) is 16.9 Å². The first-order chi connectivity index (χ1) is 4.88. The van der Waals surface area contributed by atoms with E-state index in [4.69, 9.17) is 5.14 Å². The molecule has 1 saturated heterocycles. The molecular weight excluding hydrogens is 144 g/mol. The van der Waals surface area contributed by atoms with Crippen molar-refractivity contribution in [3.05, 3.63) is 12.7 Å². The lowest BCUT2D eigenvalue weighted by molar-refractivity contribution is 0.440. The van der Waals surface area contributed by atoms with Crippen molar-refractivity contribution in [1.82, 2.24) is 4.31 Å². The summed E-state index contributed by atoms with van der Waals surface area (Å²) in [7, 11) is 0. The largest absolute Gasteiger partial charge is 0.264 e. The number of hydrogen-bond donors (Lipinski definition) is 1. The maximum Gasteiger partial charge on any atom is 0.0249 e. The molecule has 0 aliphatic carbocycles. The van der Waals surface area contributed by atoms with Gasteiger partial charge in [0.2, 0.25) is 0 Å². The Morgan fingerprint density at radius 1 is 1.80 bits per heavy atom. The summed E-state index contributed by atoms with van der Waals surface area (Å²) in [5.41, 5.74) is 0. The molecule has 0 aromatic carbocycles.